The fourth-order valence-corrected chi connectivity index (χ4v) is 3.66. The van der Waals surface area contributed by atoms with Gasteiger partial charge >= 0.3 is 0 Å². The number of hydrogen-bond acceptors (Lipinski definition) is 6. The first-order valence-electron chi connectivity index (χ1n) is 6.78. The summed E-state index contributed by atoms with van der Waals surface area (Å²) in [4.78, 5) is 20.4. The SMILES string of the molecule is CS(=O)(=O)c1ccc2nc(NC(=O)CCn3ccnc3)sc2c1. The Bertz CT molecular complexity index is 946. The maximum absolute atomic E-state index is 11.9. The zero-order chi connectivity index (χ0) is 16.4. The average Bonchev–Trinajstić information content (AvgIpc) is 3.12. The number of rotatable bonds is 5. The number of amides is 1. The molecule has 0 aliphatic heterocycles. The molecule has 1 aromatic carbocycles. The quantitative estimate of drug-likeness (QED) is 0.759. The second-order valence-electron chi connectivity index (χ2n) is 5.02. The number of hydrogen-bond donors (Lipinski definition) is 1. The minimum atomic E-state index is -3.26. The molecule has 2 aromatic heterocycles. The van der Waals surface area contributed by atoms with E-state index in [1.165, 1.54) is 17.4 Å². The van der Waals surface area contributed by atoms with Crippen LogP contribution in [0.25, 0.3) is 10.2 Å². The monoisotopic (exact) mass is 350 g/mol. The number of nitrogens with zero attached hydrogens (tertiary/aromatic N) is 3. The standard InChI is InChI=1S/C14H14N4O3S2/c1-23(20,21)10-2-3-11-12(8-10)22-14(16-11)17-13(19)4-6-18-7-5-15-9-18/h2-3,5,7-9H,4,6H2,1H3,(H,16,17,19). The summed E-state index contributed by atoms with van der Waals surface area (Å²) in [7, 11) is -3.26. The normalized spacial score (nSPS) is 11.7. The summed E-state index contributed by atoms with van der Waals surface area (Å²) in [6.45, 7) is 0.537. The number of fused-ring (bicyclic) bond motifs is 1. The Kier molecular flexibility index (Phi) is 4.14. The predicted molar refractivity (Wildman–Crippen MR) is 88.2 cm³/mol. The number of sulfone groups is 1. The number of aryl methyl sites for hydroxylation is 1. The first-order chi connectivity index (χ1) is 10.9. The lowest BCUT2D eigenvalue weighted by molar-refractivity contribution is -0.116. The highest BCUT2D eigenvalue weighted by Crippen LogP contribution is 2.28. The molecule has 9 heteroatoms. The number of carbonyl (C=O) groups excluding carboxylic acids is 1. The molecule has 0 fully saturated rings. The number of aromatic nitrogens is 3. The summed E-state index contributed by atoms with van der Waals surface area (Å²) < 4.78 is 25.7. The molecule has 0 bridgehead atoms. The van der Waals surface area contributed by atoms with Crippen LogP contribution in [0.1, 0.15) is 6.42 Å². The van der Waals surface area contributed by atoms with Crippen LogP contribution in [-0.2, 0) is 21.2 Å². The first-order valence-corrected chi connectivity index (χ1v) is 9.49. The Hall–Kier alpha value is -2.26. The van der Waals surface area contributed by atoms with Crippen molar-refractivity contribution >= 4 is 42.4 Å². The van der Waals surface area contributed by atoms with Gasteiger partial charge in [0, 0.05) is 31.6 Å². The molecular formula is C14H14N4O3S2. The number of carbonyl (C=O) groups is 1. The van der Waals surface area contributed by atoms with E-state index in [2.05, 4.69) is 15.3 Å². The summed E-state index contributed by atoms with van der Waals surface area (Å²) >= 11 is 1.25. The van der Waals surface area contributed by atoms with Gasteiger partial charge in [-0.2, -0.15) is 0 Å². The van der Waals surface area contributed by atoms with Crippen LogP contribution in [0.2, 0.25) is 0 Å². The molecule has 0 atom stereocenters. The number of benzene rings is 1. The highest BCUT2D eigenvalue weighted by Gasteiger charge is 2.12. The first kappa shape index (κ1) is 15.6. The second-order valence-corrected chi connectivity index (χ2v) is 8.07. The van der Waals surface area contributed by atoms with Crippen LogP contribution in [0.3, 0.4) is 0 Å². The van der Waals surface area contributed by atoms with Gasteiger partial charge in [-0.05, 0) is 18.2 Å². The van der Waals surface area contributed by atoms with E-state index in [0.29, 0.717) is 23.6 Å². The van der Waals surface area contributed by atoms with Gasteiger partial charge in [0.05, 0.1) is 21.4 Å². The van der Waals surface area contributed by atoms with Crippen molar-refractivity contribution in [2.24, 2.45) is 0 Å². The van der Waals surface area contributed by atoms with E-state index in [4.69, 9.17) is 0 Å². The number of imidazole rings is 1. The van der Waals surface area contributed by atoms with E-state index in [-0.39, 0.29) is 10.8 Å². The molecule has 0 saturated heterocycles. The molecular weight excluding hydrogens is 336 g/mol. The minimum Gasteiger partial charge on any atom is -0.337 e. The van der Waals surface area contributed by atoms with Crippen LogP contribution >= 0.6 is 11.3 Å². The third kappa shape index (κ3) is 3.74. The number of thiazole rings is 1. The van der Waals surface area contributed by atoms with Crippen LogP contribution in [-0.4, -0.2) is 35.1 Å². The Morgan fingerprint density at radius 3 is 2.91 bits per heavy atom. The maximum Gasteiger partial charge on any atom is 0.227 e. The molecule has 7 nitrogen and oxygen atoms in total. The Morgan fingerprint density at radius 1 is 1.39 bits per heavy atom. The zero-order valence-corrected chi connectivity index (χ0v) is 13.9. The highest BCUT2D eigenvalue weighted by atomic mass is 32.2. The molecule has 120 valence electrons. The highest BCUT2D eigenvalue weighted by molar-refractivity contribution is 7.90. The summed E-state index contributed by atoms with van der Waals surface area (Å²) in [6, 6.07) is 4.73. The maximum atomic E-state index is 11.9. The van der Waals surface area contributed by atoms with Crippen LogP contribution in [0, 0.1) is 0 Å². The van der Waals surface area contributed by atoms with Gasteiger partial charge in [0.1, 0.15) is 0 Å². The molecule has 0 aliphatic carbocycles. The fourth-order valence-electron chi connectivity index (χ4n) is 2.02. The van der Waals surface area contributed by atoms with E-state index in [1.54, 1.807) is 30.9 Å². The van der Waals surface area contributed by atoms with E-state index in [0.717, 1.165) is 11.0 Å². The molecule has 2 heterocycles. The lowest BCUT2D eigenvalue weighted by Gasteiger charge is -2.02. The van der Waals surface area contributed by atoms with Crippen molar-refractivity contribution in [3.63, 3.8) is 0 Å². The fraction of sp³-hybridized carbons (Fsp3) is 0.214. The molecule has 0 aliphatic rings. The summed E-state index contributed by atoms with van der Waals surface area (Å²) in [5, 5.41) is 3.20. The molecule has 0 unspecified atom stereocenters. The molecule has 1 amide bonds. The van der Waals surface area contributed by atoms with Gasteiger partial charge in [0.15, 0.2) is 15.0 Å². The van der Waals surface area contributed by atoms with Gasteiger partial charge in [0.25, 0.3) is 0 Å². The molecule has 0 saturated carbocycles. The van der Waals surface area contributed by atoms with Crippen LogP contribution in [0.4, 0.5) is 5.13 Å². The van der Waals surface area contributed by atoms with Gasteiger partial charge in [-0.3, -0.25) is 4.79 Å². The predicted octanol–water partition coefficient (Wildman–Crippen LogP) is 1.93. The van der Waals surface area contributed by atoms with E-state index < -0.39 is 9.84 Å². The van der Waals surface area contributed by atoms with Gasteiger partial charge in [-0.15, -0.1) is 0 Å². The molecule has 1 N–H and O–H groups in total. The van der Waals surface area contributed by atoms with Crippen molar-refractivity contribution in [3.8, 4) is 0 Å². The van der Waals surface area contributed by atoms with Gasteiger partial charge in [-0.25, -0.2) is 18.4 Å². The van der Waals surface area contributed by atoms with Crippen LogP contribution in [0.15, 0.2) is 41.8 Å². The third-order valence-corrected chi connectivity index (χ3v) is 5.23. The number of nitrogens with one attached hydrogen (secondary N) is 1. The van der Waals surface area contributed by atoms with E-state index in [9.17, 15) is 13.2 Å². The third-order valence-electron chi connectivity index (χ3n) is 3.19. The Morgan fingerprint density at radius 2 is 2.22 bits per heavy atom. The largest absolute Gasteiger partial charge is 0.337 e. The summed E-state index contributed by atoms with van der Waals surface area (Å²) in [5.41, 5.74) is 0.660. The second kappa shape index (κ2) is 6.09. The molecule has 3 aromatic rings. The van der Waals surface area contributed by atoms with E-state index in [1.807, 2.05) is 4.57 Å². The van der Waals surface area contributed by atoms with Crippen molar-refractivity contribution in [1.82, 2.24) is 14.5 Å². The van der Waals surface area contributed by atoms with Crippen molar-refractivity contribution in [3.05, 3.63) is 36.9 Å². The zero-order valence-electron chi connectivity index (χ0n) is 12.3. The van der Waals surface area contributed by atoms with Crippen molar-refractivity contribution in [1.29, 1.82) is 0 Å². The van der Waals surface area contributed by atoms with Crippen molar-refractivity contribution in [2.45, 2.75) is 17.9 Å². The van der Waals surface area contributed by atoms with Crippen molar-refractivity contribution < 1.29 is 13.2 Å². The molecule has 3 rings (SSSR count). The van der Waals surface area contributed by atoms with Crippen LogP contribution < -0.4 is 5.32 Å². The summed E-state index contributed by atoms with van der Waals surface area (Å²) in [6.07, 6.45) is 6.56. The molecule has 0 spiro atoms. The molecule has 23 heavy (non-hydrogen) atoms. The smallest absolute Gasteiger partial charge is 0.227 e. The Balaban J connectivity index is 1.71. The van der Waals surface area contributed by atoms with Gasteiger partial charge in [-0.1, -0.05) is 11.3 Å². The topological polar surface area (TPSA) is 94.0 Å². The Labute approximate surface area is 136 Å². The summed E-state index contributed by atoms with van der Waals surface area (Å²) in [5.74, 6) is -0.152. The minimum absolute atomic E-state index is 0.152. The van der Waals surface area contributed by atoms with Gasteiger partial charge in [0.2, 0.25) is 5.91 Å². The average molecular weight is 350 g/mol. The number of anilines is 1. The molecule has 0 radical (unpaired) electrons. The van der Waals surface area contributed by atoms with E-state index >= 15 is 0 Å². The van der Waals surface area contributed by atoms with Crippen molar-refractivity contribution in [2.75, 3.05) is 11.6 Å². The lowest BCUT2D eigenvalue weighted by Crippen LogP contribution is -2.13. The van der Waals surface area contributed by atoms with Gasteiger partial charge < -0.3 is 9.88 Å². The van der Waals surface area contributed by atoms with Crippen LogP contribution in [0.5, 0.6) is 0 Å². The lowest BCUT2D eigenvalue weighted by atomic mass is 10.3.